The minimum absolute atomic E-state index is 0.0289. The normalized spacial score (nSPS) is 13.0. The monoisotopic (exact) mass is 363 g/mol. The lowest BCUT2D eigenvalue weighted by Crippen LogP contribution is -2.08. The second-order valence-corrected chi connectivity index (χ2v) is 6.13. The van der Waals surface area contributed by atoms with Crippen molar-refractivity contribution < 1.29 is 9.13 Å². The third-order valence-electron chi connectivity index (χ3n) is 4.16. The van der Waals surface area contributed by atoms with E-state index in [0.717, 1.165) is 18.9 Å². The van der Waals surface area contributed by atoms with Gasteiger partial charge in [-0.25, -0.2) is 9.37 Å². The molecule has 0 aliphatic heterocycles. The van der Waals surface area contributed by atoms with E-state index in [2.05, 4.69) is 20.7 Å². The summed E-state index contributed by atoms with van der Waals surface area (Å²) < 4.78 is 20.7. The Hall–Kier alpha value is -3.85. The van der Waals surface area contributed by atoms with Crippen LogP contribution in [0.3, 0.4) is 0 Å². The number of fused-ring (bicyclic) bond motifs is 1. The number of imidazole rings is 1. The van der Waals surface area contributed by atoms with Crippen LogP contribution in [0.2, 0.25) is 0 Å². The molecule has 1 saturated carbocycles. The van der Waals surface area contributed by atoms with Crippen LogP contribution in [-0.4, -0.2) is 27.7 Å². The van der Waals surface area contributed by atoms with Gasteiger partial charge in [0.05, 0.1) is 36.3 Å². The summed E-state index contributed by atoms with van der Waals surface area (Å²) in [6, 6.07) is 8.62. The van der Waals surface area contributed by atoms with Crippen LogP contribution < -0.4 is 15.4 Å². The predicted molar refractivity (Wildman–Crippen MR) is 95.3 cm³/mol. The summed E-state index contributed by atoms with van der Waals surface area (Å²) >= 11 is 0. The minimum atomic E-state index is -0.656. The quantitative estimate of drug-likeness (QED) is 0.717. The number of benzene rings is 1. The van der Waals surface area contributed by atoms with Gasteiger partial charge in [-0.1, -0.05) is 0 Å². The average molecular weight is 363 g/mol. The fourth-order valence-corrected chi connectivity index (χ4v) is 2.76. The van der Waals surface area contributed by atoms with Crippen molar-refractivity contribution in [3.8, 4) is 17.9 Å². The summed E-state index contributed by atoms with van der Waals surface area (Å²) in [4.78, 5) is 4.25. The lowest BCUT2D eigenvalue weighted by molar-refractivity contribution is 0.388. The van der Waals surface area contributed by atoms with E-state index in [1.807, 2.05) is 12.1 Å². The van der Waals surface area contributed by atoms with Gasteiger partial charge in [-0.05, 0) is 25.0 Å². The van der Waals surface area contributed by atoms with Crippen molar-refractivity contribution in [3.63, 3.8) is 0 Å². The second kappa shape index (κ2) is 6.46. The van der Waals surface area contributed by atoms with Crippen molar-refractivity contribution in [1.82, 2.24) is 14.6 Å². The predicted octanol–water partition coefficient (Wildman–Crippen LogP) is 2.94. The molecule has 1 aromatic carbocycles. The van der Waals surface area contributed by atoms with E-state index in [1.165, 1.54) is 23.9 Å². The Morgan fingerprint density at radius 2 is 2.04 bits per heavy atom. The number of halogens is 1. The van der Waals surface area contributed by atoms with Crippen LogP contribution in [0.25, 0.3) is 5.65 Å². The summed E-state index contributed by atoms with van der Waals surface area (Å²) in [7, 11) is 1.34. The largest absolute Gasteiger partial charge is 0.492 e. The molecule has 0 unspecified atom stereocenters. The van der Waals surface area contributed by atoms with Crippen LogP contribution in [0.15, 0.2) is 24.4 Å². The molecule has 27 heavy (non-hydrogen) atoms. The molecule has 2 N–H and O–H groups in total. The number of hydrogen-bond donors (Lipinski definition) is 2. The molecule has 1 aliphatic carbocycles. The van der Waals surface area contributed by atoms with Crippen molar-refractivity contribution >= 4 is 22.8 Å². The van der Waals surface area contributed by atoms with Gasteiger partial charge in [0.25, 0.3) is 0 Å². The molecule has 4 rings (SSSR count). The Bertz CT molecular complexity index is 1120. The SMILES string of the molecule is COc1c(F)cc(C#N)cc1Nc1cc(NC2CC2)c2ncc(C#N)n2n1. The van der Waals surface area contributed by atoms with Crippen molar-refractivity contribution in [3.05, 3.63) is 41.5 Å². The second-order valence-electron chi connectivity index (χ2n) is 6.13. The molecule has 0 spiro atoms. The maximum absolute atomic E-state index is 14.2. The summed E-state index contributed by atoms with van der Waals surface area (Å²) in [6.45, 7) is 0. The van der Waals surface area contributed by atoms with Crippen LogP contribution in [0.4, 0.5) is 21.6 Å². The number of nitrogens with zero attached hydrogens (tertiary/aromatic N) is 5. The number of hydrogen-bond acceptors (Lipinski definition) is 7. The molecule has 1 aliphatic rings. The van der Waals surface area contributed by atoms with Crippen molar-refractivity contribution in [1.29, 1.82) is 10.5 Å². The molecule has 2 heterocycles. The molecule has 0 amide bonds. The zero-order valence-electron chi connectivity index (χ0n) is 14.3. The Morgan fingerprint density at radius 3 is 2.70 bits per heavy atom. The molecule has 0 saturated heterocycles. The van der Waals surface area contributed by atoms with Crippen LogP contribution in [0.5, 0.6) is 5.75 Å². The summed E-state index contributed by atoms with van der Waals surface area (Å²) in [5.41, 5.74) is 1.93. The molecular formula is C18H14FN7O. The van der Waals surface area contributed by atoms with Crippen LogP contribution in [0, 0.1) is 28.5 Å². The van der Waals surface area contributed by atoms with E-state index in [4.69, 9.17) is 10.00 Å². The highest BCUT2D eigenvalue weighted by Crippen LogP contribution is 2.33. The van der Waals surface area contributed by atoms with Gasteiger partial charge >= 0.3 is 0 Å². The molecule has 0 atom stereocenters. The van der Waals surface area contributed by atoms with Gasteiger partial charge in [0.2, 0.25) is 0 Å². The number of ether oxygens (including phenoxy) is 1. The van der Waals surface area contributed by atoms with E-state index < -0.39 is 5.82 Å². The van der Waals surface area contributed by atoms with Gasteiger partial charge in [-0.3, -0.25) is 0 Å². The highest BCUT2D eigenvalue weighted by molar-refractivity contribution is 5.75. The number of nitriles is 2. The minimum Gasteiger partial charge on any atom is -0.492 e. The lowest BCUT2D eigenvalue weighted by atomic mass is 10.2. The van der Waals surface area contributed by atoms with Crippen LogP contribution in [0.1, 0.15) is 24.1 Å². The third kappa shape index (κ3) is 3.07. The van der Waals surface area contributed by atoms with Gasteiger partial charge in [0.1, 0.15) is 6.07 Å². The Kier molecular flexibility index (Phi) is 3.98. The number of aromatic nitrogens is 3. The maximum Gasteiger partial charge on any atom is 0.178 e. The summed E-state index contributed by atoms with van der Waals surface area (Å²) in [6.07, 6.45) is 3.57. The maximum atomic E-state index is 14.2. The first-order valence-corrected chi connectivity index (χ1v) is 8.23. The molecular weight excluding hydrogens is 349 g/mol. The average Bonchev–Trinajstić information content (AvgIpc) is 3.38. The molecule has 3 aromatic rings. The van der Waals surface area contributed by atoms with E-state index in [1.54, 1.807) is 6.07 Å². The van der Waals surface area contributed by atoms with Gasteiger partial charge < -0.3 is 15.4 Å². The standard InChI is InChI=1S/C18H14FN7O/c1-27-17-13(19)4-10(7-20)5-14(17)24-16-6-15(23-11-2-3-11)18-22-9-12(8-21)26(18)25-16/h4-6,9,11,23H,2-3H2,1H3,(H,24,25). The van der Waals surface area contributed by atoms with E-state index in [-0.39, 0.29) is 22.7 Å². The topological polar surface area (TPSA) is 111 Å². The van der Waals surface area contributed by atoms with Gasteiger partial charge in [-0.15, -0.1) is 5.10 Å². The number of nitrogens with one attached hydrogen (secondary N) is 2. The number of methoxy groups -OCH3 is 1. The highest BCUT2D eigenvalue weighted by Gasteiger charge is 2.23. The first-order chi connectivity index (χ1) is 13.1. The first kappa shape index (κ1) is 16.6. The van der Waals surface area contributed by atoms with Crippen molar-refractivity contribution in [2.24, 2.45) is 0 Å². The lowest BCUT2D eigenvalue weighted by Gasteiger charge is -2.14. The number of anilines is 3. The zero-order valence-corrected chi connectivity index (χ0v) is 14.3. The smallest absolute Gasteiger partial charge is 0.178 e. The molecule has 9 heteroatoms. The molecule has 2 aromatic heterocycles. The highest BCUT2D eigenvalue weighted by atomic mass is 19.1. The molecule has 8 nitrogen and oxygen atoms in total. The first-order valence-electron chi connectivity index (χ1n) is 8.23. The van der Waals surface area contributed by atoms with E-state index >= 15 is 0 Å². The van der Waals surface area contributed by atoms with Crippen molar-refractivity contribution in [2.45, 2.75) is 18.9 Å². The summed E-state index contributed by atoms with van der Waals surface area (Å²) in [5.74, 6) is -0.330. The van der Waals surface area contributed by atoms with Gasteiger partial charge in [-0.2, -0.15) is 15.0 Å². The van der Waals surface area contributed by atoms with Crippen LogP contribution >= 0.6 is 0 Å². The third-order valence-corrected chi connectivity index (χ3v) is 4.16. The van der Waals surface area contributed by atoms with E-state index in [9.17, 15) is 9.65 Å². The number of rotatable bonds is 5. The van der Waals surface area contributed by atoms with Crippen LogP contribution in [-0.2, 0) is 0 Å². The Labute approximate surface area is 153 Å². The van der Waals surface area contributed by atoms with Crippen molar-refractivity contribution in [2.75, 3.05) is 17.7 Å². The molecule has 0 radical (unpaired) electrons. The summed E-state index contributed by atoms with van der Waals surface area (Å²) in [5, 5.41) is 29.1. The van der Waals surface area contributed by atoms with E-state index in [0.29, 0.717) is 23.2 Å². The zero-order chi connectivity index (χ0) is 19.0. The molecule has 0 bridgehead atoms. The molecule has 1 fully saturated rings. The fraction of sp³-hybridized carbons (Fsp3) is 0.222. The Morgan fingerprint density at radius 1 is 1.22 bits per heavy atom. The Balaban J connectivity index is 1.81. The molecule has 134 valence electrons. The fourth-order valence-electron chi connectivity index (χ4n) is 2.76. The van der Waals surface area contributed by atoms with Gasteiger partial charge in [0, 0.05) is 12.1 Å². The van der Waals surface area contributed by atoms with Gasteiger partial charge in [0.15, 0.2) is 28.7 Å².